The van der Waals surface area contributed by atoms with Crippen molar-refractivity contribution in [3.8, 4) is 11.5 Å². The number of fused-ring (bicyclic) bond motifs is 1. The van der Waals surface area contributed by atoms with E-state index in [0.29, 0.717) is 18.6 Å². The van der Waals surface area contributed by atoms with Crippen LogP contribution in [0.2, 0.25) is 0 Å². The lowest BCUT2D eigenvalue weighted by Gasteiger charge is -2.30. The summed E-state index contributed by atoms with van der Waals surface area (Å²) in [6.07, 6.45) is 1.75. The number of nitro groups is 1. The molecule has 0 radical (unpaired) electrons. The molecule has 0 bridgehead atoms. The van der Waals surface area contributed by atoms with E-state index in [-0.39, 0.29) is 34.0 Å². The number of hydrazine groups is 1. The van der Waals surface area contributed by atoms with E-state index < -0.39 is 52.8 Å². The Kier molecular flexibility index (Phi) is 8.52. The van der Waals surface area contributed by atoms with Gasteiger partial charge in [0.1, 0.15) is 18.0 Å². The minimum atomic E-state index is -0.828. The maximum absolute atomic E-state index is 13.7. The summed E-state index contributed by atoms with van der Waals surface area (Å²) >= 11 is 0. The third-order valence-corrected chi connectivity index (χ3v) is 7.95. The predicted molar refractivity (Wildman–Crippen MR) is 155 cm³/mol. The standard InChI is InChI=1S/C32H29N3O9/c1-19-6-15-26-27(16-19)31(39)34(30(26)38)33(29(37)21-7-11-23(12-8-21)35(41)42)18-28(36)20-9-13-24(14-10-20)44-32(40)22-4-3-5-25(17-22)43-2/h3-5,7-14,17,19,26-27H,6,15-16,18H2,1-2H3/t19-,26+,27+/m0/s1. The van der Waals surface area contributed by atoms with E-state index in [9.17, 15) is 34.1 Å². The lowest BCUT2D eigenvalue weighted by molar-refractivity contribution is -0.384. The number of esters is 1. The molecule has 1 aliphatic heterocycles. The van der Waals surface area contributed by atoms with E-state index in [1.807, 2.05) is 6.92 Å². The van der Waals surface area contributed by atoms with Crippen LogP contribution in [0.3, 0.4) is 0 Å². The third-order valence-electron chi connectivity index (χ3n) is 7.95. The maximum atomic E-state index is 13.7. The molecule has 3 atom stereocenters. The van der Waals surface area contributed by atoms with Gasteiger partial charge in [-0.25, -0.2) is 9.80 Å². The molecule has 1 aliphatic carbocycles. The molecule has 1 saturated heterocycles. The summed E-state index contributed by atoms with van der Waals surface area (Å²) in [7, 11) is 1.48. The number of carbonyl (C=O) groups excluding carboxylic acids is 5. The van der Waals surface area contributed by atoms with Crippen LogP contribution in [0.25, 0.3) is 0 Å². The van der Waals surface area contributed by atoms with E-state index in [1.165, 1.54) is 49.6 Å². The fourth-order valence-electron chi connectivity index (χ4n) is 5.57. The number of amides is 3. The number of hydrogen-bond donors (Lipinski definition) is 0. The number of hydrogen-bond acceptors (Lipinski definition) is 9. The molecular formula is C32H29N3O9. The van der Waals surface area contributed by atoms with Crippen LogP contribution in [0, 0.1) is 27.9 Å². The van der Waals surface area contributed by atoms with Gasteiger partial charge in [0.2, 0.25) is 0 Å². The number of ketones is 1. The second-order valence-corrected chi connectivity index (χ2v) is 10.9. The SMILES string of the molecule is COc1cccc(C(=O)Oc2ccc(C(=O)CN(C(=O)c3ccc([N+](=O)[O-])cc3)N3C(=O)[C@@H]4CC[C@H](C)C[C@H]4C3=O)cc2)c1. The molecule has 3 amide bonds. The Morgan fingerprint density at radius 1 is 0.886 bits per heavy atom. The van der Waals surface area contributed by atoms with Crippen LogP contribution in [0.15, 0.2) is 72.8 Å². The first-order valence-electron chi connectivity index (χ1n) is 14.0. The Balaban J connectivity index is 1.38. The maximum Gasteiger partial charge on any atom is 0.343 e. The highest BCUT2D eigenvalue weighted by Crippen LogP contribution is 2.41. The number of methoxy groups -OCH3 is 1. The van der Waals surface area contributed by atoms with Crippen molar-refractivity contribution in [2.24, 2.45) is 17.8 Å². The Bertz CT molecular complexity index is 1640. The molecule has 12 heteroatoms. The van der Waals surface area contributed by atoms with E-state index in [0.717, 1.165) is 28.6 Å². The number of carbonyl (C=O) groups is 5. The molecule has 1 heterocycles. The van der Waals surface area contributed by atoms with E-state index in [4.69, 9.17) is 9.47 Å². The second-order valence-electron chi connectivity index (χ2n) is 10.9. The molecule has 0 spiro atoms. The molecule has 0 aromatic heterocycles. The summed E-state index contributed by atoms with van der Waals surface area (Å²) in [6.45, 7) is 1.35. The zero-order chi connectivity index (χ0) is 31.5. The van der Waals surface area contributed by atoms with E-state index in [1.54, 1.807) is 18.2 Å². The van der Waals surface area contributed by atoms with Gasteiger partial charge in [-0.15, -0.1) is 0 Å². The summed E-state index contributed by atoms with van der Waals surface area (Å²) in [5.41, 5.74) is 0.120. The van der Waals surface area contributed by atoms with Gasteiger partial charge in [-0.1, -0.05) is 13.0 Å². The fraction of sp³-hybridized carbons (Fsp3) is 0.281. The Labute approximate surface area is 252 Å². The fourth-order valence-corrected chi connectivity index (χ4v) is 5.57. The normalized spacial score (nSPS) is 19.2. The molecule has 226 valence electrons. The van der Waals surface area contributed by atoms with Crippen LogP contribution in [0.4, 0.5) is 5.69 Å². The van der Waals surface area contributed by atoms with Crippen molar-refractivity contribution < 1.29 is 38.4 Å². The number of ether oxygens (including phenoxy) is 2. The average Bonchev–Trinajstić information content (AvgIpc) is 3.27. The zero-order valence-corrected chi connectivity index (χ0v) is 24.0. The highest BCUT2D eigenvalue weighted by molar-refractivity contribution is 6.09. The number of Topliss-reactive ketones (excluding diaryl/α,β-unsaturated/α-hetero) is 1. The van der Waals surface area contributed by atoms with Crippen LogP contribution < -0.4 is 9.47 Å². The summed E-state index contributed by atoms with van der Waals surface area (Å²) in [5.74, 6) is -3.45. The number of nitrogens with zero attached hydrogens (tertiary/aromatic N) is 3. The smallest absolute Gasteiger partial charge is 0.343 e. The molecule has 2 aliphatic rings. The van der Waals surface area contributed by atoms with Crippen molar-refractivity contribution in [1.29, 1.82) is 0 Å². The molecule has 3 aromatic rings. The van der Waals surface area contributed by atoms with Crippen LogP contribution in [0.1, 0.15) is 57.3 Å². The summed E-state index contributed by atoms with van der Waals surface area (Å²) in [6, 6.07) is 16.7. The summed E-state index contributed by atoms with van der Waals surface area (Å²) in [5, 5.41) is 12.7. The van der Waals surface area contributed by atoms with Gasteiger partial charge in [0, 0.05) is 23.3 Å². The first-order valence-corrected chi connectivity index (χ1v) is 14.0. The molecule has 5 rings (SSSR count). The minimum absolute atomic E-state index is 0.0351. The molecule has 0 N–H and O–H groups in total. The molecule has 2 fully saturated rings. The van der Waals surface area contributed by atoms with Gasteiger partial charge < -0.3 is 9.47 Å². The quantitative estimate of drug-likeness (QED) is 0.0865. The summed E-state index contributed by atoms with van der Waals surface area (Å²) < 4.78 is 10.5. The topological polar surface area (TPSA) is 153 Å². The molecule has 0 unspecified atom stereocenters. The molecular weight excluding hydrogens is 570 g/mol. The van der Waals surface area contributed by atoms with Gasteiger partial charge in [0.25, 0.3) is 23.4 Å². The van der Waals surface area contributed by atoms with Crippen molar-refractivity contribution >= 4 is 35.2 Å². The number of nitro benzene ring substituents is 1. The number of benzene rings is 3. The lowest BCUT2D eigenvalue weighted by Crippen LogP contribution is -2.52. The van der Waals surface area contributed by atoms with Gasteiger partial charge in [-0.2, -0.15) is 5.01 Å². The largest absolute Gasteiger partial charge is 0.497 e. The first kappa shape index (κ1) is 30.1. The number of non-ortho nitro benzene ring substituents is 1. The Morgan fingerprint density at radius 3 is 2.20 bits per heavy atom. The minimum Gasteiger partial charge on any atom is -0.497 e. The van der Waals surface area contributed by atoms with Gasteiger partial charge >= 0.3 is 5.97 Å². The van der Waals surface area contributed by atoms with Gasteiger partial charge in [0.05, 0.1) is 29.4 Å². The molecule has 12 nitrogen and oxygen atoms in total. The molecule has 1 saturated carbocycles. The number of imide groups is 1. The van der Waals surface area contributed by atoms with Crippen LogP contribution >= 0.6 is 0 Å². The molecule has 3 aromatic carbocycles. The average molecular weight is 600 g/mol. The first-order chi connectivity index (χ1) is 21.1. The van der Waals surface area contributed by atoms with Gasteiger partial charge in [-0.3, -0.25) is 29.3 Å². The third kappa shape index (κ3) is 6.05. The summed E-state index contributed by atoms with van der Waals surface area (Å²) in [4.78, 5) is 77.1. The Morgan fingerprint density at radius 2 is 1.55 bits per heavy atom. The monoisotopic (exact) mass is 599 g/mol. The van der Waals surface area contributed by atoms with Crippen molar-refractivity contribution in [2.45, 2.75) is 26.2 Å². The van der Waals surface area contributed by atoms with Crippen molar-refractivity contribution in [3.63, 3.8) is 0 Å². The van der Waals surface area contributed by atoms with Crippen LogP contribution in [0.5, 0.6) is 11.5 Å². The van der Waals surface area contributed by atoms with Crippen molar-refractivity contribution in [2.75, 3.05) is 13.7 Å². The van der Waals surface area contributed by atoms with Crippen molar-refractivity contribution in [3.05, 3.63) is 99.6 Å². The zero-order valence-electron chi connectivity index (χ0n) is 24.0. The molecule has 44 heavy (non-hydrogen) atoms. The predicted octanol–water partition coefficient (Wildman–Crippen LogP) is 4.48. The van der Waals surface area contributed by atoms with Crippen LogP contribution in [-0.4, -0.2) is 58.1 Å². The number of rotatable bonds is 9. The lowest BCUT2D eigenvalue weighted by atomic mass is 9.76. The van der Waals surface area contributed by atoms with E-state index in [2.05, 4.69) is 0 Å². The highest BCUT2D eigenvalue weighted by atomic mass is 16.6. The van der Waals surface area contributed by atoms with Gasteiger partial charge in [-0.05, 0) is 79.8 Å². The van der Waals surface area contributed by atoms with Crippen LogP contribution in [-0.2, 0) is 9.59 Å². The van der Waals surface area contributed by atoms with Gasteiger partial charge in [0.15, 0.2) is 5.78 Å². The second kappa shape index (κ2) is 12.5. The van der Waals surface area contributed by atoms with Crippen molar-refractivity contribution in [1.82, 2.24) is 10.0 Å². The Hall–Kier alpha value is -5.39. The highest BCUT2D eigenvalue weighted by Gasteiger charge is 2.52. The van der Waals surface area contributed by atoms with E-state index >= 15 is 0 Å².